The monoisotopic (exact) mass is 434 g/mol. The van der Waals surface area contributed by atoms with Gasteiger partial charge in [0.2, 0.25) is 0 Å². The van der Waals surface area contributed by atoms with Crippen LogP contribution in [0.5, 0.6) is 0 Å². The van der Waals surface area contributed by atoms with Crippen LogP contribution in [0.1, 0.15) is 18.4 Å². The van der Waals surface area contributed by atoms with Gasteiger partial charge in [-0.2, -0.15) is 0 Å². The van der Waals surface area contributed by atoms with E-state index in [0.29, 0.717) is 30.6 Å². The first-order valence-corrected chi connectivity index (χ1v) is 10.1. The van der Waals surface area contributed by atoms with E-state index in [1.54, 1.807) is 24.3 Å². The second-order valence-electron chi connectivity index (χ2n) is 7.51. The van der Waals surface area contributed by atoms with Gasteiger partial charge in [0.1, 0.15) is 17.2 Å². The summed E-state index contributed by atoms with van der Waals surface area (Å²) in [6, 6.07) is 19.6. The zero-order valence-electron chi connectivity index (χ0n) is 17.1. The minimum absolute atomic E-state index is 0.192. The molecule has 1 aliphatic rings. The van der Waals surface area contributed by atoms with Crippen LogP contribution in [-0.4, -0.2) is 19.2 Å². The van der Waals surface area contributed by atoms with E-state index in [2.05, 4.69) is 10.0 Å². The van der Waals surface area contributed by atoms with Crippen molar-refractivity contribution in [3.05, 3.63) is 100 Å². The van der Waals surface area contributed by atoms with Gasteiger partial charge in [-0.1, -0.05) is 47.6 Å². The van der Waals surface area contributed by atoms with Gasteiger partial charge in [-0.3, -0.25) is 4.90 Å². The van der Waals surface area contributed by atoms with E-state index < -0.39 is 23.3 Å². The molecule has 8 heteroatoms. The van der Waals surface area contributed by atoms with Crippen molar-refractivity contribution in [1.29, 1.82) is 0 Å². The lowest BCUT2D eigenvalue weighted by Gasteiger charge is -2.41. The van der Waals surface area contributed by atoms with Gasteiger partial charge in [0.05, 0.1) is 0 Å². The molecule has 1 saturated heterocycles. The van der Waals surface area contributed by atoms with Crippen LogP contribution in [0.15, 0.2) is 77.9 Å². The number of nitrogens with zero attached hydrogens (tertiary/aromatic N) is 4. The summed E-state index contributed by atoms with van der Waals surface area (Å²) >= 11 is 0. The Kier molecular flexibility index (Phi) is 6.05. The summed E-state index contributed by atoms with van der Waals surface area (Å²) < 4.78 is 33.5. The Balaban J connectivity index is 1.61. The van der Waals surface area contributed by atoms with Gasteiger partial charge in [-0.05, 0) is 47.3 Å². The first kappa shape index (κ1) is 21.3. The van der Waals surface area contributed by atoms with Crippen molar-refractivity contribution in [2.45, 2.75) is 18.4 Å². The second-order valence-corrected chi connectivity index (χ2v) is 7.51. The summed E-state index contributed by atoms with van der Waals surface area (Å²) in [7, 11) is 0. The van der Waals surface area contributed by atoms with Crippen molar-refractivity contribution in [1.82, 2.24) is 0 Å². The molecule has 0 aromatic heterocycles. The molecule has 32 heavy (non-hydrogen) atoms. The topological polar surface area (TPSA) is 78.3 Å². The van der Waals surface area contributed by atoms with E-state index in [1.807, 2.05) is 30.3 Å². The van der Waals surface area contributed by atoms with Crippen LogP contribution in [0.4, 0.5) is 19.3 Å². The van der Waals surface area contributed by atoms with E-state index in [9.17, 15) is 13.6 Å². The van der Waals surface area contributed by atoms with Crippen molar-refractivity contribution in [3.63, 3.8) is 0 Å². The Morgan fingerprint density at radius 2 is 1.88 bits per heavy atom. The highest BCUT2D eigenvalue weighted by atomic mass is 19.1. The van der Waals surface area contributed by atoms with E-state index in [1.165, 1.54) is 17.0 Å². The van der Waals surface area contributed by atoms with Crippen LogP contribution in [0, 0.1) is 11.6 Å². The van der Waals surface area contributed by atoms with Crippen LogP contribution in [0.25, 0.3) is 21.6 Å². The molecule has 1 heterocycles. The summed E-state index contributed by atoms with van der Waals surface area (Å²) in [5.41, 5.74) is 9.90. The first-order valence-electron chi connectivity index (χ1n) is 10.1. The summed E-state index contributed by atoms with van der Waals surface area (Å²) in [6.45, 7) is 0.553. The molecule has 6 nitrogen and oxygen atoms in total. The van der Waals surface area contributed by atoms with Gasteiger partial charge in [-0.25, -0.2) is 13.6 Å². The molecule has 3 aromatic carbocycles. The van der Waals surface area contributed by atoms with E-state index in [0.717, 1.165) is 11.6 Å². The number of azide groups is 1. The Morgan fingerprint density at radius 3 is 2.59 bits per heavy atom. The van der Waals surface area contributed by atoms with Crippen LogP contribution >= 0.6 is 0 Å². The van der Waals surface area contributed by atoms with Gasteiger partial charge in [0.15, 0.2) is 0 Å². The fourth-order valence-electron chi connectivity index (χ4n) is 4.00. The number of cyclic esters (lactones) is 1. The lowest BCUT2D eigenvalue weighted by molar-refractivity contribution is -0.0138. The Hall–Kier alpha value is -3.90. The number of hydrogen-bond donors (Lipinski definition) is 0. The standard InChI is InChI=1S/C24H20F2N4O2/c25-19-9-10-21(22(26)16-19)17-5-4-8-20(15-17)30-14-12-24(32-23(30)31,11-13-28-29-27)18-6-2-1-3-7-18/h1-10,15-16H,11-14H2. The highest BCUT2D eigenvalue weighted by Gasteiger charge is 2.42. The molecule has 1 unspecified atom stereocenters. The molecule has 162 valence electrons. The van der Waals surface area contributed by atoms with Crippen molar-refractivity contribution in [2.75, 3.05) is 18.0 Å². The maximum atomic E-state index is 14.2. The lowest BCUT2D eigenvalue weighted by atomic mass is 9.85. The number of halogens is 2. The fourth-order valence-corrected chi connectivity index (χ4v) is 4.00. The number of rotatable bonds is 6. The molecule has 0 aliphatic carbocycles. The number of ether oxygens (including phenoxy) is 1. The van der Waals surface area contributed by atoms with Gasteiger partial charge in [0, 0.05) is 41.7 Å². The SMILES string of the molecule is [N-]=[N+]=NCCC1(c2ccccc2)CCN(c2cccc(-c3ccc(F)cc3F)c2)C(=O)O1. The molecule has 0 bridgehead atoms. The Bertz CT molecular complexity index is 1180. The molecule has 1 amide bonds. The van der Waals surface area contributed by atoms with E-state index >= 15 is 0 Å². The van der Waals surface area contributed by atoms with Gasteiger partial charge >= 0.3 is 6.09 Å². The number of anilines is 1. The maximum absolute atomic E-state index is 14.2. The zero-order valence-corrected chi connectivity index (χ0v) is 17.1. The summed E-state index contributed by atoms with van der Waals surface area (Å²) in [6.07, 6.45) is 0.304. The smallest absolute Gasteiger partial charge is 0.415 e. The minimum atomic E-state index is -0.899. The minimum Gasteiger partial charge on any atom is -0.438 e. The largest absolute Gasteiger partial charge is 0.438 e. The first-order chi connectivity index (χ1) is 15.5. The second kappa shape index (κ2) is 9.08. The molecule has 1 aliphatic heterocycles. The van der Waals surface area contributed by atoms with Crippen LogP contribution < -0.4 is 4.90 Å². The molecule has 0 saturated carbocycles. The molecule has 4 rings (SSSR count). The molecular formula is C24H20F2N4O2. The van der Waals surface area contributed by atoms with Crippen molar-refractivity contribution < 1.29 is 18.3 Å². The average Bonchev–Trinajstić information content (AvgIpc) is 2.80. The summed E-state index contributed by atoms with van der Waals surface area (Å²) in [5.74, 6) is -1.33. The van der Waals surface area contributed by atoms with Crippen LogP contribution in [0.2, 0.25) is 0 Å². The van der Waals surface area contributed by atoms with Gasteiger partial charge in [-0.15, -0.1) is 0 Å². The molecular weight excluding hydrogens is 414 g/mol. The predicted molar refractivity (Wildman–Crippen MR) is 117 cm³/mol. The van der Waals surface area contributed by atoms with Crippen molar-refractivity contribution >= 4 is 11.8 Å². The molecule has 0 radical (unpaired) electrons. The average molecular weight is 434 g/mol. The molecule has 3 aromatic rings. The van der Waals surface area contributed by atoms with Gasteiger partial charge < -0.3 is 4.74 Å². The fraction of sp³-hybridized carbons (Fsp3) is 0.208. The number of hydrogen-bond acceptors (Lipinski definition) is 3. The van der Waals surface area contributed by atoms with Crippen molar-refractivity contribution in [3.8, 4) is 11.1 Å². The third kappa shape index (κ3) is 4.26. The lowest BCUT2D eigenvalue weighted by Crippen LogP contribution is -2.48. The molecule has 0 N–H and O–H groups in total. The third-order valence-corrected chi connectivity index (χ3v) is 5.62. The van der Waals surface area contributed by atoms with E-state index in [4.69, 9.17) is 10.3 Å². The van der Waals surface area contributed by atoms with Gasteiger partial charge in [0.25, 0.3) is 0 Å². The number of carbonyl (C=O) groups excluding carboxylic acids is 1. The summed E-state index contributed by atoms with van der Waals surface area (Å²) in [5, 5.41) is 3.61. The zero-order chi connectivity index (χ0) is 22.6. The molecule has 1 fully saturated rings. The van der Waals surface area contributed by atoms with Crippen LogP contribution in [0.3, 0.4) is 0 Å². The molecule has 1 atom stereocenters. The highest BCUT2D eigenvalue weighted by molar-refractivity contribution is 5.90. The number of amides is 1. The normalized spacial score (nSPS) is 18.1. The van der Waals surface area contributed by atoms with Crippen molar-refractivity contribution in [2.24, 2.45) is 5.11 Å². The van der Waals surface area contributed by atoms with Crippen LogP contribution in [-0.2, 0) is 10.3 Å². The third-order valence-electron chi connectivity index (χ3n) is 5.62. The van der Waals surface area contributed by atoms with E-state index in [-0.39, 0.29) is 12.1 Å². The maximum Gasteiger partial charge on any atom is 0.415 e. The Morgan fingerprint density at radius 1 is 1.06 bits per heavy atom. The number of carbonyl (C=O) groups is 1. The molecule has 0 spiro atoms. The Labute approximate surface area is 183 Å². The predicted octanol–water partition coefficient (Wildman–Crippen LogP) is 6.57. The quantitative estimate of drug-likeness (QED) is 0.250. The highest BCUT2D eigenvalue weighted by Crippen LogP contribution is 2.39. The summed E-state index contributed by atoms with van der Waals surface area (Å²) in [4.78, 5) is 17.3. The number of benzene rings is 3.